The van der Waals surface area contributed by atoms with Gasteiger partial charge < -0.3 is 0 Å². The van der Waals surface area contributed by atoms with Gasteiger partial charge in [-0.25, -0.2) is 8.42 Å². The number of hydrogen-bond acceptors (Lipinski definition) is 3. The summed E-state index contributed by atoms with van der Waals surface area (Å²) in [7, 11) is -3.18. The molecule has 0 aromatic carbocycles. The Hall–Kier alpha value is -1.04. The molecule has 0 fully saturated rings. The molecule has 0 aliphatic rings. The molecule has 0 radical (unpaired) electrons. The standard InChI is InChI=1S/C7H13N3O2S/c1-2-3-4-13(11,12)10-7-5-8-9-6-7/h5-6,10H,2-4H2,1H3,(H,8,9). The van der Waals surface area contributed by atoms with E-state index in [0.29, 0.717) is 12.1 Å². The van der Waals surface area contributed by atoms with Crippen LogP contribution in [0.15, 0.2) is 12.4 Å². The minimum atomic E-state index is -3.18. The van der Waals surface area contributed by atoms with E-state index in [1.807, 2.05) is 6.92 Å². The second-order valence-corrected chi connectivity index (χ2v) is 4.60. The molecule has 13 heavy (non-hydrogen) atoms. The fourth-order valence-electron chi connectivity index (χ4n) is 0.872. The van der Waals surface area contributed by atoms with Gasteiger partial charge in [-0.3, -0.25) is 9.82 Å². The molecule has 1 aromatic heterocycles. The van der Waals surface area contributed by atoms with E-state index in [1.165, 1.54) is 12.4 Å². The molecular formula is C7H13N3O2S. The van der Waals surface area contributed by atoms with Crippen molar-refractivity contribution in [1.82, 2.24) is 10.2 Å². The highest BCUT2D eigenvalue weighted by Crippen LogP contribution is 2.06. The van der Waals surface area contributed by atoms with Crippen molar-refractivity contribution in [2.75, 3.05) is 10.5 Å². The Morgan fingerprint density at radius 2 is 2.38 bits per heavy atom. The molecule has 1 aromatic rings. The van der Waals surface area contributed by atoms with E-state index in [2.05, 4.69) is 14.9 Å². The molecular weight excluding hydrogens is 190 g/mol. The summed E-state index contributed by atoms with van der Waals surface area (Å²) in [6, 6.07) is 0. The molecule has 0 unspecified atom stereocenters. The van der Waals surface area contributed by atoms with Gasteiger partial charge in [-0.05, 0) is 6.42 Å². The average molecular weight is 203 g/mol. The van der Waals surface area contributed by atoms with Crippen molar-refractivity contribution in [3.05, 3.63) is 12.4 Å². The number of rotatable bonds is 5. The topological polar surface area (TPSA) is 74.8 Å². The molecule has 0 aliphatic heterocycles. The Morgan fingerprint density at radius 1 is 1.62 bits per heavy atom. The predicted molar refractivity (Wildman–Crippen MR) is 50.9 cm³/mol. The third-order valence-electron chi connectivity index (χ3n) is 1.54. The molecule has 6 heteroatoms. The summed E-state index contributed by atoms with van der Waals surface area (Å²) < 4.78 is 25.0. The Bertz CT molecular complexity index is 331. The van der Waals surface area contributed by atoms with Crippen LogP contribution < -0.4 is 4.72 Å². The van der Waals surface area contributed by atoms with Crippen molar-refractivity contribution in [2.24, 2.45) is 0 Å². The minimum absolute atomic E-state index is 0.161. The van der Waals surface area contributed by atoms with E-state index in [1.54, 1.807) is 0 Å². The number of aromatic nitrogens is 2. The van der Waals surface area contributed by atoms with E-state index in [-0.39, 0.29) is 5.75 Å². The van der Waals surface area contributed by atoms with E-state index >= 15 is 0 Å². The average Bonchev–Trinajstić information content (AvgIpc) is 2.52. The highest BCUT2D eigenvalue weighted by atomic mass is 32.2. The number of H-pyrrole nitrogens is 1. The zero-order valence-corrected chi connectivity index (χ0v) is 8.26. The van der Waals surface area contributed by atoms with E-state index in [4.69, 9.17) is 0 Å². The Morgan fingerprint density at radius 3 is 2.92 bits per heavy atom. The van der Waals surface area contributed by atoms with Gasteiger partial charge in [0.1, 0.15) is 0 Å². The normalized spacial score (nSPS) is 11.5. The van der Waals surface area contributed by atoms with Crippen LogP contribution in [0.25, 0.3) is 0 Å². The van der Waals surface area contributed by atoms with Crippen LogP contribution in [0.2, 0.25) is 0 Å². The molecule has 0 amide bonds. The first-order chi connectivity index (χ1) is 6.14. The summed E-state index contributed by atoms with van der Waals surface area (Å²) in [5, 5.41) is 6.17. The van der Waals surface area contributed by atoms with Crippen LogP contribution in [0, 0.1) is 0 Å². The Kier molecular flexibility index (Phi) is 3.30. The fraction of sp³-hybridized carbons (Fsp3) is 0.571. The molecule has 5 nitrogen and oxygen atoms in total. The summed E-state index contributed by atoms with van der Waals surface area (Å²) in [4.78, 5) is 0. The maximum atomic E-state index is 11.3. The molecule has 2 N–H and O–H groups in total. The van der Waals surface area contributed by atoms with E-state index < -0.39 is 10.0 Å². The largest absolute Gasteiger partial charge is 0.284 e. The number of anilines is 1. The Balaban J connectivity index is 2.53. The molecule has 0 atom stereocenters. The minimum Gasteiger partial charge on any atom is -0.284 e. The van der Waals surface area contributed by atoms with Crippen molar-refractivity contribution in [1.29, 1.82) is 0 Å². The lowest BCUT2D eigenvalue weighted by Crippen LogP contribution is -2.16. The van der Waals surface area contributed by atoms with Crippen LogP contribution in [-0.2, 0) is 10.0 Å². The van der Waals surface area contributed by atoms with Crippen LogP contribution in [-0.4, -0.2) is 24.4 Å². The molecule has 0 aliphatic carbocycles. The number of sulfonamides is 1. The van der Waals surface area contributed by atoms with Crippen molar-refractivity contribution in [2.45, 2.75) is 19.8 Å². The second-order valence-electron chi connectivity index (χ2n) is 2.76. The van der Waals surface area contributed by atoms with Gasteiger partial charge in [-0.1, -0.05) is 13.3 Å². The molecule has 0 bridgehead atoms. The monoisotopic (exact) mass is 203 g/mol. The number of unbranched alkanes of at least 4 members (excludes halogenated alkanes) is 1. The van der Waals surface area contributed by atoms with Crippen LogP contribution in [0.3, 0.4) is 0 Å². The molecule has 0 spiro atoms. The smallest absolute Gasteiger partial charge is 0.232 e. The predicted octanol–water partition coefficient (Wildman–Crippen LogP) is 0.952. The maximum absolute atomic E-state index is 11.3. The van der Waals surface area contributed by atoms with Gasteiger partial charge in [0.2, 0.25) is 10.0 Å². The zero-order chi connectivity index (χ0) is 9.73. The Labute approximate surface area is 77.6 Å². The molecule has 74 valence electrons. The number of aromatic amines is 1. The van der Waals surface area contributed by atoms with Gasteiger partial charge in [-0.2, -0.15) is 5.10 Å². The van der Waals surface area contributed by atoms with Gasteiger partial charge in [0.25, 0.3) is 0 Å². The summed E-state index contributed by atoms with van der Waals surface area (Å²) >= 11 is 0. The third kappa shape index (κ3) is 3.45. The molecule has 0 saturated heterocycles. The molecule has 0 saturated carbocycles. The quantitative estimate of drug-likeness (QED) is 0.748. The lowest BCUT2D eigenvalue weighted by atomic mass is 10.4. The summed E-state index contributed by atoms with van der Waals surface area (Å²) in [6.45, 7) is 1.95. The second kappa shape index (κ2) is 4.27. The van der Waals surface area contributed by atoms with Crippen LogP contribution in [0.4, 0.5) is 5.69 Å². The van der Waals surface area contributed by atoms with Crippen molar-refractivity contribution >= 4 is 15.7 Å². The van der Waals surface area contributed by atoms with Gasteiger partial charge in [0, 0.05) is 6.20 Å². The van der Waals surface area contributed by atoms with E-state index in [9.17, 15) is 8.42 Å². The van der Waals surface area contributed by atoms with Gasteiger partial charge in [-0.15, -0.1) is 0 Å². The SMILES string of the molecule is CCCCS(=O)(=O)Nc1cn[nH]c1. The van der Waals surface area contributed by atoms with Crippen molar-refractivity contribution < 1.29 is 8.42 Å². The summed E-state index contributed by atoms with van der Waals surface area (Å²) in [5.74, 6) is 0.161. The van der Waals surface area contributed by atoms with Gasteiger partial charge >= 0.3 is 0 Å². The summed E-state index contributed by atoms with van der Waals surface area (Å²) in [6.07, 6.45) is 4.48. The highest BCUT2D eigenvalue weighted by Gasteiger charge is 2.09. The lowest BCUT2D eigenvalue weighted by molar-refractivity contribution is 0.598. The van der Waals surface area contributed by atoms with Crippen molar-refractivity contribution in [3.8, 4) is 0 Å². The van der Waals surface area contributed by atoms with Gasteiger partial charge in [0.15, 0.2) is 0 Å². The fourth-order valence-corrected chi connectivity index (χ4v) is 2.11. The first-order valence-electron chi connectivity index (χ1n) is 4.13. The molecule has 1 rings (SSSR count). The number of nitrogens with one attached hydrogen (secondary N) is 2. The first-order valence-corrected chi connectivity index (χ1v) is 5.78. The van der Waals surface area contributed by atoms with E-state index in [0.717, 1.165) is 6.42 Å². The van der Waals surface area contributed by atoms with Gasteiger partial charge in [0.05, 0.1) is 17.6 Å². The highest BCUT2D eigenvalue weighted by molar-refractivity contribution is 7.92. The summed E-state index contributed by atoms with van der Waals surface area (Å²) in [5.41, 5.74) is 0.483. The maximum Gasteiger partial charge on any atom is 0.232 e. The van der Waals surface area contributed by atoms with Crippen LogP contribution in [0.5, 0.6) is 0 Å². The third-order valence-corrected chi connectivity index (χ3v) is 2.91. The first kappa shape index (κ1) is 10.0. The lowest BCUT2D eigenvalue weighted by Gasteiger charge is -2.03. The zero-order valence-electron chi connectivity index (χ0n) is 7.45. The van der Waals surface area contributed by atoms with Crippen LogP contribution >= 0.6 is 0 Å². The molecule has 1 heterocycles. The number of hydrogen-bond donors (Lipinski definition) is 2. The van der Waals surface area contributed by atoms with Crippen molar-refractivity contribution in [3.63, 3.8) is 0 Å². The van der Waals surface area contributed by atoms with Crippen LogP contribution in [0.1, 0.15) is 19.8 Å². The number of nitrogens with zero attached hydrogens (tertiary/aromatic N) is 1.